The quantitative estimate of drug-likeness (QED) is 0.666. The largest absolute Gasteiger partial charge is 0.383 e. The van der Waals surface area contributed by atoms with Crippen LogP contribution in [-0.2, 0) is 9.53 Å². The second-order valence-electron chi connectivity index (χ2n) is 3.80. The first-order valence-corrected chi connectivity index (χ1v) is 5.47. The summed E-state index contributed by atoms with van der Waals surface area (Å²) >= 11 is 5.61. The van der Waals surface area contributed by atoms with Crippen molar-refractivity contribution in [3.05, 3.63) is 0 Å². The summed E-state index contributed by atoms with van der Waals surface area (Å²) < 4.78 is 4.99. The van der Waals surface area contributed by atoms with Crippen LogP contribution in [0.5, 0.6) is 0 Å². The molecule has 0 aromatic heterocycles. The lowest BCUT2D eigenvalue weighted by Crippen LogP contribution is -2.38. The van der Waals surface area contributed by atoms with E-state index in [0.29, 0.717) is 24.8 Å². The van der Waals surface area contributed by atoms with Gasteiger partial charge in [0.1, 0.15) is 0 Å². The first-order valence-electron chi connectivity index (χ1n) is 4.94. The molecule has 0 aliphatic heterocycles. The Bertz CT molecular complexity index is 156. The third-order valence-corrected chi connectivity index (χ3v) is 2.00. The number of amides is 1. The number of nitrogens with one attached hydrogen (secondary N) is 1. The maximum absolute atomic E-state index is 11.4. The molecular formula is C10H20ClNO2. The maximum Gasteiger partial charge on any atom is 0.220 e. The van der Waals surface area contributed by atoms with Crippen LogP contribution >= 0.6 is 11.6 Å². The summed E-state index contributed by atoms with van der Waals surface area (Å²) in [7, 11) is 1.62. The molecule has 0 aromatic rings. The Kier molecular flexibility index (Phi) is 7.90. The third-order valence-electron chi connectivity index (χ3n) is 1.78. The molecule has 0 heterocycles. The van der Waals surface area contributed by atoms with E-state index in [4.69, 9.17) is 16.3 Å². The molecule has 0 spiro atoms. The minimum Gasteiger partial charge on any atom is -0.383 e. The maximum atomic E-state index is 11.4. The summed E-state index contributed by atoms with van der Waals surface area (Å²) in [6.07, 6.45) is 1.31. The van der Waals surface area contributed by atoms with E-state index < -0.39 is 0 Å². The smallest absolute Gasteiger partial charge is 0.220 e. The summed E-state index contributed by atoms with van der Waals surface area (Å²) in [6.45, 7) is 4.56. The minimum atomic E-state index is 0.0451. The summed E-state index contributed by atoms with van der Waals surface area (Å²) in [4.78, 5) is 11.4. The lowest BCUT2D eigenvalue weighted by atomic mass is 10.1. The van der Waals surface area contributed by atoms with Gasteiger partial charge in [-0.05, 0) is 12.3 Å². The number of alkyl halides is 1. The van der Waals surface area contributed by atoms with E-state index in [1.54, 1.807) is 7.11 Å². The highest BCUT2D eigenvalue weighted by molar-refractivity contribution is 6.17. The molecule has 0 aromatic carbocycles. The topological polar surface area (TPSA) is 38.3 Å². The zero-order valence-electron chi connectivity index (χ0n) is 9.18. The molecule has 14 heavy (non-hydrogen) atoms. The van der Waals surface area contributed by atoms with Crippen LogP contribution in [0.15, 0.2) is 0 Å². The molecule has 1 N–H and O–H groups in total. The Balaban J connectivity index is 3.82. The van der Waals surface area contributed by atoms with Crippen molar-refractivity contribution in [3.63, 3.8) is 0 Å². The van der Waals surface area contributed by atoms with Crippen LogP contribution in [0.2, 0.25) is 0 Å². The molecule has 0 fully saturated rings. The number of halogens is 1. The second kappa shape index (κ2) is 8.06. The predicted molar refractivity (Wildman–Crippen MR) is 58.6 cm³/mol. The van der Waals surface area contributed by atoms with Crippen LogP contribution in [0, 0.1) is 5.92 Å². The first-order chi connectivity index (χ1) is 6.60. The number of hydrogen-bond donors (Lipinski definition) is 1. The number of rotatable bonds is 7. The van der Waals surface area contributed by atoms with E-state index in [9.17, 15) is 4.79 Å². The van der Waals surface area contributed by atoms with Gasteiger partial charge in [0.2, 0.25) is 5.91 Å². The number of carbonyl (C=O) groups excluding carboxylic acids is 1. The molecule has 0 saturated heterocycles. The Hall–Kier alpha value is -0.280. The normalized spacial score (nSPS) is 12.9. The van der Waals surface area contributed by atoms with E-state index >= 15 is 0 Å². The zero-order valence-corrected chi connectivity index (χ0v) is 9.93. The molecule has 1 unspecified atom stereocenters. The fourth-order valence-electron chi connectivity index (χ4n) is 1.19. The summed E-state index contributed by atoms with van der Waals surface area (Å²) in [5.41, 5.74) is 0. The molecule has 0 saturated carbocycles. The molecule has 4 heteroatoms. The van der Waals surface area contributed by atoms with Gasteiger partial charge in [-0.2, -0.15) is 0 Å². The van der Waals surface area contributed by atoms with Crippen molar-refractivity contribution in [3.8, 4) is 0 Å². The van der Waals surface area contributed by atoms with Gasteiger partial charge in [-0.25, -0.2) is 0 Å². The standard InChI is InChI=1S/C10H20ClNO2/c1-8(2)6-10(13)12-9(4-5-11)7-14-3/h8-9H,4-7H2,1-3H3,(H,12,13). The van der Waals surface area contributed by atoms with E-state index in [1.165, 1.54) is 0 Å². The van der Waals surface area contributed by atoms with Crippen LogP contribution in [-0.4, -0.2) is 31.5 Å². The lowest BCUT2D eigenvalue weighted by Gasteiger charge is -2.17. The Labute approximate surface area is 91.2 Å². The van der Waals surface area contributed by atoms with Crippen LogP contribution in [0.25, 0.3) is 0 Å². The SMILES string of the molecule is COCC(CCCl)NC(=O)CC(C)C. The van der Waals surface area contributed by atoms with E-state index in [0.717, 1.165) is 6.42 Å². The monoisotopic (exact) mass is 221 g/mol. The number of hydrogen-bond acceptors (Lipinski definition) is 2. The van der Waals surface area contributed by atoms with E-state index in [2.05, 4.69) is 5.32 Å². The predicted octanol–water partition coefficient (Wildman–Crippen LogP) is 1.79. The molecule has 0 radical (unpaired) electrons. The van der Waals surface area contributed by atoms with Crippen molar-refractivity contribution < 1.29 is 9.53 Å². The van der Waals surface area contributed by atoms with Crippen molar-refractivity contribution in [1.29, 1.82) is 0 Å². The molecule has 1 atom stereocenters. The molecule has 1 amide bonds. The van der Waals surface area contributed by atoms with Gasteiger partial charge in [0.25, 0.3) is 0 Å². The minimum absolute atomic E-state index is 0.0451. The van der Waals surface area contributed by atoms with Crippen molar-refractivity contribution >= 4 is 17.5 Å². The van der Waals surface area contributed by atoms with Gasteiger partial charge >= 0.3 is 0 Å². The highest BCUT2D eigenvalue weighted by Gasteiger charge is 2.12. The second-order valence-corrected chi connectivity index (χ2v) is 4.17. The Morgan fingerprint density at radius 2 is 2.14 bits per heavy atom. The van der Waals surface area contributed by atoms with Crippen LogP contribution < -0.4 is 5.32 Å². The molecule has 84 valence electrons. The fraction of sp³-hybridized carbons (Fsp3) is 0.900. The fourth-order valence-corrected chi connectivity index (χ4v) is 1.45. The number of ether oxygens (including phenoxy) is 1. The molecule has 0 aliphatic carbocycles. The summed E-state index contributed by atoms with van der Waals surface area (Å²) in [5.74, 6) is 0.997. The highest BCUT2D eigenvalue weighted by atomic mass is 35.5. The Morgan fingerprint density at radius 1 is 1.50 bits per heavy atom. The van der Waals surface area contributed by atoms with Gasteiger partial charge in [0.05, 0.1) is 12.6 Å². The average Bonchev–Trinajstić information content (AvgIpc) is 2.03. The van der Waals surface area contributed by atoms with Gasteiger partial charge in [-0.3, -0.25) is 4.79 Å². The van der Waals surface area contributed by atoms with Crippen LogP contribution in [0.4, 0.5) is 0 Å². The molecule has 0 bridgehead atoms. The average molecular weight is 222 g/mol. The van der Waals surface area contributed by atoms with Crippen molar-refractivity contribution in [2.24, 2.45) is 5.92 Å². The first kappa shape index (κ1) is 13.7. The number of carbonyl (C=O) groups is 1. The molecule has 0 rings (SSSR count). The van der Waals surface area contributed by atoms with E-state index in [-0.39, 0.29) is 11.9 Å². The van der Waals surface area contributed by atoms with Crippen LogP contribution in [0.3, 0.4) is 0 Å². The number of methoxy groups -OCH3 is 1. The van der Waals surface area contributed by atoms with Gasteiger partial charge < -0.3 is 10.1 Å². The van der Waals surface area contributed by atoms with Gasteiger partial charge in [0.15, 0.2) is 0 Å². The Morgan fingerprint density at radius 3 is 2.57 bits per heavy atom. The highest BCUT2D eigenvalue weighted by Crippen LogP contribution is 2.01. The van der Waals surface area contributed by atoms with E-state index in [1.807, 2.05) is 13.8 Å². The zero-order chi connectivity index (χ0) is 11.0. The summed E-state index contributed by atoms with van der Waals surface area (Å²) in [6, 6.07) is 0.0451. The third kappa shape index (κ3) is 7.15. The summed E-state index contributed by atoms with van der Waals surface area (Å²) in [5, 5.41) is 2.90. The molecular weight excluding hydrogens is 202 g/mol. The van der Waals surface area contributed by atoms with Crippen molar-refractivity contribution in [1.82, 2.24) is 5.32 Å². The molecule has 3 nitrogen and oxygen atoms in total. The van der Waals surface area contributed by atoms with Crippen molar-refractivity contribution in [2.45, 2.75) is 32.7 Å². The molecule has 0 aliphatic rings. The van der Waals surface area contributed by atoms with Gasteiger partial charge in [-0.1, -0.05) is 13.8 Å². The van der Waals surface area contributed by atoms with Crippen LogP contribution in [0.1, 0.15) is 26.7 Å². The lowest BCUT2D eigenvalue weighted by molar-refractivity contribution is -0.122. The van der Waals surface area contributed by atoms with Crippen molar-refractivity contribution in [2.75, 3.05) is 19.6 Å². The van der Waals surface area contributed by atoms with Gasteiger partial charge in [-0.15, -0.1) is 11.6 Å². The van der Waals surface area contributed by atoms with Gasteiger partial charge in [0, 0.05) is 19.4 Å².